The van der Waals surface area contributed by atoms with Gasteiger partial charge >= 0.3 is 0 Å². The third-order valence-electron chi connectivity index (χ3n) is 5.28. The summed E-state index contributed by atoms with van der Waals surface area (Å²) in [7, 11) is 0. The van der Waals surface area contributed by atoms with E-state index in [4.69, 9.17) is 4.74 Å². The molecule has 0 spiro atoms. The Bertz CT molecular complexity index is 1080. The Morgan fingerprint density at radius 3 is 2.25 bits per heavy atom. The standard InChI is InChI=1S/C24H18FNO2/c25-21-12-15(13-22-24(21)28-14-23(27)26-22)11-20-18-7-3-1-5-16(18)9-10-17-6-2-4-8-19(17)20/h1-8,11-13H,9-10,14H2,(H,26,27). The number of carbonyl (C=O) groups excluding carboxylic acids is 1. The summed E-state index contributed by atoms with van der Waals surface area (Å²) in [6.45, 7) is -0.162. The predicted molar refractivity (Wildman–Crippen MR) is 108 cm³/mol. The van der Waals surface area contributed by atoms with Gasteiger partial charge in [0.1, 0.15) is 0 Å². The smallest absolute Gasteiger partial charge is 0.262 e. The molecule has 0 atom stereocenters. The highest BCUT2D eigenvalue weighted by Crippen LogP contribution is 2.37. The fourth-order valence-electron chi connectivity index (χ4n) is 4.00. The quantitative estimate of drug-likeness (QED) is 0.664. The number of fused-ring (bicyclic) bond motifs is 3. The summed E-state index contributed by atoms with van der Waals surface area (Å²) in [5.74, 6) is -0.648. The first-order valence-corrected chi connectivity index (χ1v) is 9.33. The van der Waals surface area contributed by atoms with Crippen molar-refractivity contribution < 1.29 is 13.9 Å². The molecule has 0 bridgehead atoms. The van der Waals surface area contributed by atoms with Crippen LogP contribution in [0.4, 0.5) is 10.1 Å². The fourth-order valence-corrected chi connectivity index (χ4v) is 4.00. The lowest BCUT2D eigenvalue weighted by Crippen LogP contribution is -2.26. The van der Waals surface area contributed by atoms with E-state index in [1.165, 1.54) is 17.2 Å². The van der Waals surface area contributed by atoms with Gasteiger partial charge in [-0.05, 0) is 64.4 Å². The zero-order chi connectivity index (χ0) is 19.1. The van der Waals surface area contributed by atoms with Crippen LogP contribution < -0.4 is 10.1 Å². The van der Waals surface area contributed by atoms with Gasteiger partial charge in [-0.2, -0.15) is 0 Å². The second kappa shape index (κ2) is 6.64. The van der Waals surface area contributed by atoms with Crippen molar-refractivity contribution in [1.29, 1.82) is 0 Å². The summed E-state index contributed by atoms with van der Waals surface area (Å²) in [6, 6.07) is 19.9. The van der Waals surface area contributed by atoms with Crippen molar-refractivity contribution in [2.75, 3.05) is 11.9 Å². The normalized spacial score (nSPS) is 14.8. The van der Waals surface area contributed by atoms with E-state index in [1.54, 1.807) is 6.07 Å². The van der Waals surface area contributed by atoms with Crippen LogP contribution in [0.1, 0.15) is 27.8 Å². The van der Waals surface area contributed by atoms with Crippen molar-refractivity contribution in [3.63, 3.8) is 0 Å². The molecule has 0 saturated heterocycles. The van der Waals surface area contributed by atoms with Crippen LogP contribution in [0.5, 0.6) is 5.75 Å². The molecule has 1 N–H and O–H groups in total. The molecule has 2 aliphatic rings. The summed E-state index contributed by atoms with van der Waals surface area (Å²) < 4.78 is 19.8. The second-order valence-electron chi connectivity index (χ2n) is 7.09. The number of anilines is 1. The number of aryl methyl sites for hydroxylation is 2. The minimum Gasteiger partial charge on any atom is -0.478 e. The summed E-state index contributed by atoms with van der Waals surface area (Å²) in [5.41, 5.74) is 6.99. The molecule has 1 heterocycles. The molecule has 0 fully saturated rings. The highest BCUT2D eigenvalue weighted by Gasteiger charge is 2.22. The van der Waals surface area contributed by atoms with Crippen molar-refractivity contribution in [2.24, 2.45) is 0 Å². The summed E-state index contributed by atoms with van der Waals surface area (Å²) in [5, 5.41) is 2.70. The molecule has 4 heteroatoms. The van der Waals surface area contributed by atoms with Gasteiger partial charge in [0, 0.05) is 0 Å². The van der Waals surface area contributed by atoms with Crippen LogP contribution in [0.2, 0.25) is 0 Å². The van der Waals surface area contributed by atoms with Gasteiger partial charge in [-0.25, -0.2) is 4.39 Å². The zero-order valence-electron chi connectivity index (χ0n) is 15.2. The van der Waals surface area contributed by atoms with E-state index in [1.807, 2.05) is 18.2 Å². The molecule has 1 aliphatic carbocycles. The van der Waals surface area contributed by atoms with E-state index >= 15 is 0 Å². The van der Waals surface area contributed by atoms with Crippen molar-refractivity contribution in [2.45, 2.75) is 12.8 Å². The minimum atomic E-state index is -0.473. The maximum atomic E-state index is 14.6. The summed E-state index contributed by atoms with van der Waals surface area (Å²) in [4.78, 5) is 11.6. The fraction of sp³-hybridized carbons (Fsp3) is 0.125. The number of hydrogen-bond donors (Lipinski definition) is 1. The number of hydrogen-bond acceptors (Lipinski definition) is 2. The minimum absolute atomic E-state index is 0.100. The maximum Gasteiger partial charge on any atom is 0.262 e. The number of amides is 1. The van der Waals surface area contributed by atoms with Crippen molar-refractivity contribution >= 4 is 23.2 Å². The molecule has 5 rings (SSSR count). The van der Waals surface area contributed by atoms with Crippen LogP contribution >= 0.6 is 0 Å². The number of benzene rings is 3. The van der Waals surface area contributed by atoms with Crippen LogP contribution in [0.3, 0.4) is 0 Å². The van der Waals surface area contributed by atoms with Gasteiger partial charge in [0.25, 0.3) is 5.91 Å². The topological polar surface area (TPSA) is 38.3 Å². The zero-order valence-corrected chi connectivity index (χ0v) is 15.2. The number of rotatable bonds is 1. The molecular weight excluding hydrogens is 353 g/mol. The summed E-state index contributed by atoms with van der Waals surface area (Å²) >= 11 is 0. The van der Waals surface area contributed by atoms with Crippen LogP contribution in [0, 0.1) is 5.82 Å². The lowest BCUT2D eigenvalue weighted by atomic mass is 9.92. The molecule has 0 aromatic heterocycles. The summed E-state index contributed by atoms with van der Waals surface area (Å²) in [6.07, 6.45) is 3.92. The van der Waals surface area contributed by atoms with Crippen molar-refractivity contribution in [3.05, 3.63) is 94.3 Å². The maximum absolute atomic E-state index is 14.6. The Kier molecular flexibility index (Phi) is 3.97. The van der Waals surface area contributed by atoms with Crippen molar-refractivity contribution in [3.8, 4) is 5.75 Å². The first kappa shape index (κ1) is 16.8. The number of ether oxygens (including phenoxy) is 1. The monoisotopic (exact) mass is 371 g/mol. The third kappa shape index (κ3) is 2.87. The Hall–Kier alpha value is -3.40. The highest BCUT2D eigenvalue weighted by molar-refractivity contribution is 5.98. The molecule has 28 heavy (non-hydrogen) atoms. The van der Waals surface area contributed by atoms with Gasteiger partial charge < -0.3 is 10.1 Å². The number of halogens is 1. The molecule has 1 amide bonds. The first-order valence-electron chi connectivity index (χ1n) is 9.33. The Morgan fingerprint density at radius 2 is 1.57 bits per heavy atom. The van der Waals surface area contributed by atoms with Gasteiger partial charge in [0.05, 0.1) is 5.69 Å². The van der Waals surface area contributed by atoms with Crippen LogP contribution in [0.15, 0.2) is 60.7 Å². The van der Waals surface area contributed by atoms with Gasteiger partial charge in [-0.1, -0.05) is 48.5 Å². The molecular formula is C24H18FNO2. The Balaban J connectivity index is 1.71. The second-order valence-corrected chi connectivity index (χ2v) is 7.09. The van der Waals surface area contributed by atoms with Gasteiger partial charge in [-0.15, -0.1) is 0 Å². The molecule has 3 nitrogen and oxygen atoms in total. The molecule has 138 valence electrons. The highest BCUT2D eigenvalue weighted by atomic mass is 19.1. The van der Waals surface area contributed by atoms with E-state index in [0.717, 1.165) is 29.5 Å². The third-order valence-corrected chi connectivity index (χ3v) is 5.28. The molecule has 1 aliphatic heterocycles. The lowest BCUT2D eigenvalue weighted by Gasteiger charge is -2.19. The Labute approximate surface area is 162 Å². The first-order chi connectivity index (χ1) is 13.7. The number of carbonyl (C=O) groups is 1. The molecule has 0 radical (unpaired) electrons. The largest absolute Gasteiger partial charge is 0.478 e. The van der Waals surface area contributed by atoms with Crippen LogP contribution in [-0.2, 0) is 17.6 Å². The van der Waals surface area contributed by atoms with E-state index in [2.05, 4.69) is 41.7 Å². The van der Waals surface area contributed by atoms with Gasteiger partial charge in [0.2, 0.25) is 0 Å². The lowest BCUT2D eigenvalue weighted by molar-refractivity contribution is -0.118. The molecule has 3 aromatic carbocycles. The molecule has 0 saturated carbocycles. The van der Waals surface area contributed by atoms with E-state index in [-0.39, 0.29) is 18.3 Å². The molecule has 0 unspecified atom stereocenters. The van der Waals surface area contributed by atoms with Crippen molar-refractivity contribution in [1.82, 2.24) is 0 Å². The van der Waals surface area contributed by atoms with E-state index in [9.17, 15) is 9.18 Å². The number of nitrogens with one attached hydrogen (secondary N) is 1. The van der Waals surface area contributed by atoms with Gasteiger partial charge in [-0.3, -0.25) is 4.79 Å². The van der Waals surface area contributed by atoms with Crippen LogP contribution in [-0.4, -0.2) is 12.5 Å². The average Bonchev–Trinajstić information content (AvgIpc) is 2.85. The van der Waals surface area contributed by atoms with Gasteiger partial charge in [0.15, 0.2) is 18.2 Å². The van der Waals surface area contributed by atoms with E-state index in [0.29, 0.717) is 11.3 Å². The van der Waals surface area contributed by atoms with Crippen LogP contribution in [0.25, 0.3) is 11.6 Å². The average molecular weight is 371 g/mol. The van der Waals surface area contributed by atoms with E-state index < -0.39 is 5.82 Å². The predicted octanol–water partition coefficient (Wildman–Crippen LogP) is 4.84. The molecule has 3 aromatic rings. The Morgan fingerprint density at radius 1 is 0.929 bits per heavy atom. The SMILES string of the molecule is O=C1COc2c(F)cc(C=C3c4ccccc4CCc4ccccc43)cc2N1.